The van der Waals surface area contributed by atoms with E-state index in [1.807, 2.05) is 11.6 Å². The quantitative estimate of drug-likeness (QED) is 0.801. The van der Waals surface area contributed by atoms with Gasteiger partial charge in [0.2, 0.25) is 11.8 Å². The molecule has 1 aromatic rings. The molecular weight excluding hydrogens is 334 g/mol. The van der Waals surface area contributed by atoms with Crippen LogP contribution in [-0.2, 0) is 26.6 Å². The van der Waals surface area contributed by atoms with Crippen LogP contribution < -0.4 is 5.32 Å². The fourth-order valence-electron chi connectivity index (χ4n) is 2.57. The molecule has 1 atom stereocenters. The van der Waals surface area contributed by atoms with Crippen molar-refractivity contribution in [2.75, 3.05) is 33.1 Å². The highest BCUT2D eigenvalue weighted by Gasteiger charge is 2.28. The van der Waals surface area contributed by atoms with Crippen LogP contribution in [0, 0.1) is 5.92 Å². The zero-order valence-electron chi connectivity index (χ0n) is 13.5. The average Bonchev–Trinajstić information content (AvgIpc) is 3.01. The molecule has 8 heteroatoms. The minimum atomic E-state index is -0.145. The van der Waals surface area contributed by atoms with Crippen LogP contribution in [0.5, 0.6) is 0 Å². The number of hydrogen-bond donors (Lipinski definition) is 1. The zero-order chi connectivity index (χ0) is 16.7. The third kappa shape index (κ3) is 5.47. The molecule has 1 aliphatic rings. The number of methoxy groups -OCH3 is 1. The number of hydrogen-bond acceptors (Lipinski definition) is 6. The van der Waals surface area contributed by atoms with Crippen LogP contribution in [0.1, 0.15) is 23.5 Å². The number of thioether (sulfide) groups is 1. The van der Waals surface area contributed by atoms with Crippen LogP contribution in [0.25, 0.3) is 0 Å². The lowest BCUT2D eigenvalue weighted by atomic mass is 9.97. The number of amides is 2. The van der Waals surface area contributed by atoms with Crippen molar-refractivity contribution in [2.45, 2.75) is 25.1 Å². The van der Waals surface area contributed by atoms with E-state index in [-0.39, 0.29) is 24.3 Å². The Morgan fingerprint density at radius 1 is 1.57 bits per heavy atom. The summed E-state index contributed by atoms with van der Waals surface area (Å²) in [5, 5.41) is 6.01. The predicted octanol–water partition coefficient (Wildman–Crippen LogP) is 1.51. The summed E-state index contributed by atoms with van der Waals surface area (Å²) < 4.78 is 4.88. The summed E-state index contributed by atoms with van der Waals surface area (Å²) in [7, 11) is 1.51. The van der Waals surface area contributed by atoms with Crippen LogP contribution in [0.15, 0.2) is 5.38 Å². The maximum atomic E-state index is 12.3. The molecule has 1 N–H and O–H groups in total. The van der Waals surface area contributed by atoms with Crippen molar-refractivity contribution in [1.82, 2.24) is 15.2 Å². The molecule has 128 valence electrons. The Balaban J connectivity index is 1.81. The summed E-state index contributed by atoms with van der Waals surface area (Å²) >= 11 is 3.36. The number of nitrogens with one attached hydrogen (secondary N) is 1. The van der Waals surface area contributed by atoms with Crippen LogP contribution in [0.2, 0.25) is 0 Å². The van der Waals surface area contributed by atoms with Crippen molar-refractivity contribution in [3.8, 4) is 0 Å². The molecular formula is C15H23N3O3S2. The van der Waals surface area contributed by atoms with Gasteiger partial charge >= 0.3 is 0 Å². The molecule has 0 unspecified atom stereocenters. The first-order chi connectivity index (χ1) is 11.1. The van der Waals surface area contributed by atoms with Crippen LogP contribution in [0.3, 0.4) is 0 Å². The van der Waals surface area contributed by atoms with Gasteiger partial charge in [-0.05, 0) is 19.1 Å². The Labute approximate surface area is 145 Å². The lowest BCUT2D eigenvalue weighted by Crippen LogP contribution is -2.46. The third-order valence-electron chi connectivity index (χ3n) is 3.72. The Morgan fingerprint density at radius 2 is 2.39 bits per heavy atom. The summed E-state index contributed by atoms with van der Waals surface area (Å²) in [6.45, 7) is 1.70. The van der Waals surface area contributed by atoms with Gasteiger partial charge in [-0.2, -0.15) is 11.8 Å². The fourth-order valence-corrected chi connectivity index (χ4v) is 4.09. The largest absolute Gasteiger partial charge is 0.375 e. The van der Waals surface area contributed by atoms with Gasteiger partial charge in [0.15, 0.2) is 0 Å². The topological polar surface area (TPSA) is 71.5 Å². The Morgan fingerprint density at radius 3 is 3.13 bits per heavy atom. The number of carbonyl (C=O) groups is 2. The molecule has 0 aliphatic carbocycles. The second kappa shape index (κ2) is 9.24. The van der Waals surface area contributed by atoms with Crippen molar-refractivity contribution in [2.24, 2.45) is 5.92 Å². The first-order valence-corrected chi connectivity index (χ1v) is 9.88. The number of aromatic nitrogens is 1. The van der Waals surface area contributed by atoms with Crippen molar-refractivity contribution < 1.29 is 14.3 Å². The molecule has 0 saturated carbocycles. The Kier molecular flexibility index (Phi) is 7.32. The normalized spacial score (nSPS) is 18.0. The molecule has 2 rings (SSSR count). The summed E-state index contributed by atoms with van der Waals surface area (Å²) in [5.74, 6) is 0.706. The molecule has 0 spiro atoms. The average molecular weight is 358 g/mol. The number of likely N-dealkylation sites (tertiary alicyclic amines) is 1. The van der Waals surface area contributed by atoms with Gasteiger partial charge in [0.1, 0.15) is 11.6 Å². The van der Waals surface area contributed by atoms with Crippen molar-refractivity contribution in [3.05, 3.63) is 16.1 Å². The lowest BCUT2D eigenvalue weighted by Gasteiger charge is -2.31. The van der Waals surface area contributed by atoms with E-state index in [4.69, 9.17) is 4.74 Å². The monoisotopic (exact) mass is 357 g/mol. The van der Waals surface area contributed by atoms with Crippen molar-refractivity contribution in [1.29, 1.82) is 0 Å². The number of nitrogens with zero attached hydrogens (tertiary/aromatic N) is 2. The maximum Gasteiger partial charge on any atom is 0.248 e. The molecule has 6 nitrogen and oxygen atoms in total. The Hall–Kier alpha value is -1.12. The molecule has 1 aliphatic heterocycles. The summed E-state index contributed by atoms with van der Waals surface area (Å²) in [6.07, 6.45) is 3.71. The molecule has 1 saturated heterocycles. The van der Waals surface area contributed by atoms with Gasteiger partial charge in [-0.1, -0.05) is 0 Å². The maximum absolute atomic E-state index is 12.3. The molecule has 0 aromatic carbocycles. The highest BCUT2D eigenvalue weighted by atomic mass is 32.2. The van der Waals surface area contributed by atoms with Gasteiger partial charge in [-0.15, -0.1) is 11.3 Å². The summed E-state index contributed by atoms with van der Waals surface area (Å²) in [4.78, 5) is 30.4. The van der Waals surface area contributed by atoms with Crippen LogP contribution in [0.4, 0.5) is 0 Å². The number of carbonyl (C=O) groups excluding carboxylic acids is 2. The van der Waals surface area contributed by atoms with E-state index in [9.17, 15) is 9.59 Å². The number of ether oxygens (including phenoxy) is 1. The van der Waals surface area contributed by atoms with E-state index in [1.165, 1.54) is 7.11 Å². The zero-order valence-corrected chi connectivity index (χ0v) is 15.2. The first-order valence-electron chi connectivity index (χ1n) is 7.60. The molecule has 1 aromatic heterocycles. The molecule has 0 bridgehead atoms. The van der Waals surface area contributed by atoms with Gasteiger partial charge in [0.05, 0.1) is 18.2 Å². The highest BCUT2D eigenvalue weighted by molar-refractivity contribution is 7.97. The summed E-state index contributed by atoms with van der Waals surface area (Å²) in [6, 6.07) is 0. The number of rotatable bonds is 7. The van der Waals surface area contributed by atoms with Crippen molar-refractivity contribution in [3.63, 3.8) is 0 Å². The third-order valence-corrected chi connectivity index (χ3v) is 5.37. The molecule has 1 fully saturated rings. The minimum absolute atomic E-state index is 0.000617. The molecule has 2 heterocycles. The smallest absolute Gasteiger partial charge is 0.248 e. The van der Waals surface area contributed by atoms with Gasteiger partial charge in [-0.3, -0.25) is 9.59 Å². The second-order valence-electron chi connectivity index (χ2n) is 5.50. The highest BCUT2D eigenvalue weighted by Crippen LogP contribution is 2.18. The van der Waals surface area contributed by atoms with Crippen molar-refractivity contribution >= 4 is 34.9 Å². The standard InChI is InChI=1S/C15H23N3O3S2/c1-21-8-14(19)18-5-3-4-11(7-18)15(20)16-6-12-9-23-13(17-12)10-22-2/h9,11H,3-8,10H2,1-2H3,(H,16,20)/t11-/m1/s1. The molecule has 0 radical (unpaired) electrons. The van der Waals surface area contributed by atoms with Gasteiger partial charge < -0.3 is 15.0 Å². The van der Waals surface area contributed by atoms with E-state index in [0.717, 1.165) is 29.3 Å². The lowest BCUT2D eigenvalue weighted by molar-refractivity contribution is -0.139. The van der Waals surface area contributed by atoms with Gasteiger partial charge in [0, 0.05) is 31.3 Å². The van der Waals surface area contributed by atoms with Gasteiger partial charge in [0.25, 0.3) is 0 Å². The predicted molar refractivity (Wildman–Crippen MR) is 92.4 cm³/mol. The van der Waals surface area contributed by atoms with E-state index in [2.05, 4.69) is 10.3 Å². The van der Waals surface area contributed by atoms with Crippen LogP contribution >= 0.6 is 23.1 Å². The van der Waals surface area contributed by atoms with E-state index >= 15 is 0 Å². The number of thiazole rings is 1. The van der Waals surface area contributed by atoms with Gasteiger partial charge in [-0.25, -0.2) is 4.98 Å². The summed E-state index contributed by atoms with van der Waals surface area (Å²) in [5.41, 5.74) is 0.899. The molecule has 2 amide bonds. The van der Waals surface area contributed by atoms with Crippen LogP contribution in [-0.4, -0.2) is 54.8 Å². The SMILES string of the molecule is COCC(=O)N1CCC[C@@H](C(=O)NCc2csc(CSC)n2)C1. The number of piperidine rings is 1. The Bertz CT molecular complexity index is 536. The van der Waals surface area contributed by atoms with E-state index in [0.29, 0.717) is 19.6 Å². The second-order valence-corrected chi connectivity index (χ2v) is 7.30. The van der Waals surface area contributed by atoms with E-state index < -0.39 is 0 Å². The minimum Gasteiger partial charge on any atom is -0.375 e. The fraction of sp³-hybridized carbons (Fsp3) is 0.667. The molecule has 23 heavy (non-hydrogen) atoms. The van der Waals surface area contributed by atoms with E-state index in [1.54, 1.807) is 28.0 Å². The first kappa shape index (κ1) is 18.2.